The third kappa shape index (κ3) is 4.22. The van der Waals surface area contributed by atoms with Crippen molar-refractivity contribution in [2.45, 2.75) is 55.0 Å². The van der Waals surface area contributed by atoms with Crippen molar-refractivity contribution in [3.05, 3.63) is 71.3 Å². The van der Waals surface area contributed by atoms with E-state index < -0.39 is 76.6 Å². The van der Waals surface area contributed by atoms with E-state index in [4.69, 9.17) is 9.84 Å². The third-order valence-corrected chi connectivity index (χ3v) is 7.69. The number of rotatable bonds is 9. The van der Waals surface area contributed by atoms with Crippen LogP contribution in [-0.4, -0.2) is 55.2 Å². The van der Waals surface area contributed by atoms with Gasteiger partial charge in [0, 0.05) is 17.0 Å². The predicted octanol–water partition coefficient (Wildman–Crippen LogP) is 4.04. The van der Waals surface area contributed by atoms with Gasteiger partial charge in [0.15, 0.2) is 23.3 Å². The van der Waals surface area contributed by atoms with Crippen molar-refractivity contribution in [1.82, 2.24) is 20.2 Å². The Labute approximate surface area is 215 Å². The SMILES string of the molecule is O[C@@H](COc1ccc(C23CC(C(F)(F)[C@](O)(Cn4cnnn4)c4ccc(F)cc4F)(C2)C3)cc1F)C(F)(F)F. The van der Waals surface area contributed by atoms with Gasteiger partial charge in [0.2, 0.25) is 0 Å². The molecule has 2 aromatic carbocycles. The summed E-state index contributed by atoms with van der Waals surface area (Å²) in [5, 5.41) is 30.5. The fourth-order valence-corrected chi connectivity index (χ4v) is 5.74. The number of nitrogens with zero attached hydrogens (tertiary/aromatic N) is 4. The van der Waals surface area contributed by atoms with Crippen LogP contribution in [0.2, 0.25) is 0 Å². The van der Waals surface area contributed by atoms with E-state index in [1.54, 1.807) is 0 Å². The summed E-state index contributed by atoms with van der Waals surface area (Å²) in [6.45, 7) is -2.19. The lowest BCUT2D eigenvalue weighted by Crippen LogP contribution is -2.76. The molecule has 39 heavy (non-hydrogen) atoms. The van der Waals surface area contributed by atoms with Crippen LogP contribution in [0.4, 0.5) is 35.1 Å². The van der Waals surface area contributed by atoms with Crippen LogP contribution in [0.25, 0.3) is 0 Å². The van der Waals surface area contributed by atoms with Crippen LogP contribution in [0, 0.1) is 22.9 Å². The number of halogens is 8. The highest BCUT2D eigenvalue weighted by Crippen LogP contribution is 2.80. The van der Waals surface area contributed by atoms with Gasteiger partial charge in [-0.3, -0.25) is 0 Å². The molecule has 3 aliphatic carbocycles. The standard InChI is InChI=1S/C24H20F8N4O3/c25-14-2-3-15(16(26)6-14)22(38,11-36-12-33-34-35-36)24(31,32)21-8-20(9-21,10-21)13-1-4-18(17(27)5-13)39-7-19(37)23(28,29)30/h1-6,12,19,37-38H,7-11H2/t19-,20?,21?,22-/m0/s1. The number of aliphatic hydroxyl groups excluding tert-OH is 1. The zero-order chi connectivity index (χ0) is 28.4. The Morgan fingerprint density at radius 1 is 0.974 bits per heavy atom. The van der Waals surface area contributed by atoms with Gasteiger partial charge in [-0.2, -0.15) is 13.2 Å². The number of ether oxygens (including phenoxy) is 1. The van der Waals surface area contributed by atoms with Crippen LogP contribution in [-0.2, 0) is 17.6 Å². The summed E-state index contributed by atoms with van der Waals surface area (Å²) in [4.78, 5) is 0. The molecule has 3 saturated carbocycles. The van der Waals surface area contributed by atoms with Gasteiger partial charge in [0.1, 0.15) is 24.6 Å². The smallest absolute Gasteiger partial charge is 0.417 e. The molecule has 0 aliphatic heterocycles. The summed E-state index contributed by atoms with van der Waals surface area (Å²) in [5.41, 5.74) is -6.48. The molecule has 7 nitrogen and oxygen atoms in total. The average Bonchev–Trinajstić information content (AvgIpc) is 3.28. The highest BCUT2D eigenvalue weighted by Gasteiger charge is 2.82. The van der Waals surface area contributed by atoms with Gasteiger partial charge >= 0.3 is 6.18 Å². The van der Waals surface area contributed by atoms with Crippen molar-refractivity contribution in [3.63, 3.8) is 0 Å². The third-order valence-electron chi connectivity index (χ3n) is 7.69. The normalized spacial score (nSPS) is 24.9. The molecule has 3 aromatic rings. The lowest BCUT2D eigenvalue weighted by molar-refractivity contribution is -0.347. The van der Waals surface area contributed by atoms with Crippen molar-refractivity contribution in [2.24, 2.45) is 5.41 Å². The van der Waals surface area contributed by atoms with Gasteiger partial charge in [0.25, 0.3) is 5.92 Å². The van der Waals surface area contributed by atoms with Crippen molar-refractivity contribution >= 4 is 0 Å². The van der Waals surface area contributed by atoms with Gasteiger partial charge in [0.05, 0.1) is 6.54 Å². The zero-order valence-corrected chi connectivity index (χ0v) is 19.8. The van der Waals surface area contributed by atoms with E-state index in [0.29, 0.717) is 11.6 Å². The molecule has 2 atom stereocenters. The number of hydrogen-bond donors (Lipinski definition) is 2. The molecular weight excluding hydrogens is 544 g/mol. The first-order valence-electron chi connectivity index (χ1n) is 11.6. The second kappa shape index (κ2) is 8.84. The first kappa shape index (κ1) is 27.2. The van der Waals surface area contributed by atoms with E-state index in [1.807, 2.05) is 0 Å². The van der Waals surface area contributed by atoms with Crippen LogP contribution < -0.4 is 4.74 Å². The maximum Gasteiger partial charge on any atom is 0.417 e. The zero-order valence-electron chi connectivity index (χ0n) is 19.8. The van der Waals surface area contributed by atoms with E-state index in [0.717, 1.165) is 35.3 Å². The molecule has 3 fully saturated rings. The number of alkyl halides is 5. The van der Waals surface area contributed by atoms with Gasteiger partial charge < -0.3 is 14.9 Å². The summed E-state index contributed by atoms with van der Waals surface area (Å²) in [5.74, 6) is -8.01. The van der Waals surface area contributed by atoms with Crippen LogP contribution in [0.3, 0.4) is 0 Å². The highest BCUT2D eigenvalue weighted by molar-refractivity contribution is 5.45. The van der Waals surface area contributed by atoms with Crippen molar-refractivity contribution in [1.29, 1.82) is 0 Å². The van der Waals surface area contributed by atoms with E-state index in [1.165, 1.54) is 6.07 Å². The lowest BCUT2D eigenvalue weighted by atomic mass is 9.30. The fourth-order valence-electron chi connectivity index (χ4n) is 5.74. The molecule has 1 aromatic heterocycles. The highest BCUT2D eigenvalue weighted by atomic mass is 19.4. The van der Waals surface area contributed by atoms with E-state index >= 15 is 8.78 Å². The second-order valence-electron chi connectivity index (χ2n) is 10.2. The Kier molecular flexibility index (Phi) is 6.18. The summed E-state index contributed by atoms with van der Waals surface area (Å²) in [6.07, 6.45) is -7.49. The number of benzene rings is 2. The van der Waals surface area contributed by atoms with Gasteiger partial charge in [-0.25, -0.2) is 26.6 Å². The Hall–Kier alpha value is -3.33. The number of tetrazole rings is 1. The molecule has 210 valence electrons. The molecule has 2 N–H and O–H groups in total. The summed E-state index contributed by atoms with van der Waals surface area (Å²) in [7, 11) is 0. The topological polar surface area (TPSA) is 93.3 Å². The molecular formula is C24H20F8N4O3. The minimum atomic E-state index is -4.95. The summed E-state index contributed by atoms with van der Waals surface area (Å²) < 4.78 is 118. The number of aliphatic hydroxyl groups is 2. The van der Waals surface area contributed by atoms with Crippen molar-refractivity contribution in [3.8, 4) is 5.75 Å². The van der Waals surface area contributed by atoms with E-state index in [-0.39, 0.29) is 19.3 Å². The quantitative estimate of drug-likeness (QED) is 0.382. The average molecular weight is 564 g/mol. The molecule has 0 amide bonds. The van der Waals surface area contributed by atoms with Gasteiger partial charge in [-0.1, -0.05) is 6.07 Å². The molecule has 1 heterocycles. The Morgan fingerprint density at radius 2 is 1.67 bits per heavy atom. The first-order chi connectivity index (χ1) is 18.1. The largest absolute Gasteiger partial charge is 0.487 e. The van der Waals surface area contributed by atoms with Crippen LogP contribution in [0.1, 0.15) is 30.4 Å². The molecule has 3 aliphatic rings. The van der Waals surface area contributed by atoms with E-state index in [9.17, 15) is 31.4 Å². The van der Waals surface area contributed by atoms with Gasteiger partial charge in [-0.15, -0.1) is 5.10 Å². The maximum atomic E-state index is 16.2. The minimum Gasteiger partial charge on any atom is -0.487 e. The van der Waals surface area contributed by atoms with Crippen molar-refractivity contribution < 1.29 is 50.1 Å². The fraction of sp³-hybridized carbons (Fsp3) is 0.458. The Morgan fingerprint density at radius 3 is 2.23 bits per heavy atom. The monoisotopic (exact) mass is 564 g/mol. The lowest BCUT2D eigenvalue weighted by Gasteiger charge is -2.74. The van der Waals surface area contributed by atoms with Crippen molar-refractivity contribution in [2.75, 3.05) is 6.61 Å². The maximum absolute atomic E-state index is 16.2. The number of hydrogen-bond acceptors (Lipinski definition) is 6. The van der Waals surface area contributed by atoms with Crippen LogP contribution >= 0.6 is 0 Å². The van der Waals surface area contributed by atoms with Gasteiger partial charge in [-0.05, 0) is 64.9 Å². The Balaban J connectivity index is 1.38. The van der Waals surface area contributed by atoms with Crippen LogP contribution in [0.15, 0.2) is 42.7 Å². The molecule has 2 bridgehead atoms. The molecule has 0 spiro atoms. The Bertz CT molecular complexity index is 1360. The van der Waals surface area contributed by atoms with E-state index in [2.05, 4.69) is 15.5 Å². The summed E-state index contributed by atoms with van der Waals surface area (Å²) in [6, 6.07) is 5.17. The molecule has 15 heteroatoms. The molecule has 0 radical (unpaired) electrons. The molecule has 0 saturated heterocycles. The van der Waals surface area contributed by atoms with Crippen LogP contribution in [0.5, 0.6) is 5.75 Å². The second-order valence-corrected chi connectivity index (χ2v) is 10.2. The summed E-state index contributed by atoms with van der Waals surface area (Å²) >= 11 is 0. The molecule has 6 rings (SSSR count). The predicted molar refractivity (Wildman–Crippen MR) is 115 cm³/mol. The molecule has 0 unspecified atom stereocenters. The minimum absolute atomic E-state index is 0.222. The first-order valence-corrected chi connectivity index (χ1v) is 11.6. The number of aromatic nitrogens is 4.